The molecule has 3 nitrogen and oxygen atoms in total. The monoisotopic (exact) mass is 477 g/mol. The molecule has 1 aliphatic heterocycles. The third-order valence-corrected chi connectivity index (χ3v) is 3.48. The zero-order valence-electron chi connectivity index (χ0n) is 12.6. The Hall–Kier alpha value is -0.948. The first-order valence-corrected chi connectivity index (χ1v) is 6.67. The van der Waals surface area contributed by atoms with Gasteiger partial charge in [0.15, 0.2) is 6.23 Å². The van der Waals surface area contributed by atoms with Crippen molar-refractivity contribution in [1.29, 1.82) is 0 Å². The molecule has 0 fully saturated rings. The second kappa shape index (κ2) is 6.44. The molecule has 3 rings (SSSR count). The summed E-state index contributed by atoms with van der Waals surface area (Å²) in [5.41, 5.74) is 1.95. The maximum absolute atomic E-state index is 6.05. The minimum Gasteiger partial charge on any atom is -0.663 e. The first-order valence-electron chi connectivity index (χ1n) is 6.29. The summed E-state index contributed by atoms with van der Waals surface area (Å²) in [5.74, 6) is 0.824. The fraction of sp³-hybridized carbons (Fsp3) is 0.312. The van der Waals surface area contributed by atoms with Gasteiger partial charge in [0.25, 0.3) is 0 Å². The molecule has 5 heteroatoms. The average Bonchev–Trinajstić information content (AvgIpc) is 2.92. The van der Waals surface area contributed by atoms with Crippen molar-refractivity contribution in [3.63, 3.8) is 0 Å². The SMILES string of the molecule is CC(C)(C)C1NC=C(c2c[n-]c3ccc(Cl)cc23)O1.[CH3-].[Re]. The Bertz CT molecular complexity index is 658. The Balaban J connectivity index is 0.00000110. The van der Waals surface area contributed by atoms with Gasteiger partial charge in [-0.25, -0.2) is 0 Å². The van der Waals surface area contributed by atoms with Crippen LogP contribution in [0.4, 0.5) is 0 Å². The van der Waals surface area contributed by atoms with Crippen LogP contribution in [0, 0.1) is 12.8 Å². The summed E-state index contributed by atoms with van der Waals surface area (Å²) in [7, 11) is 0. The van der Waals surface area contributed by atoms with Gasteiger partial charge in [0.1, 0.15) is 5.76 Å². The molecule has 2 heterocycles. The summed E-state index contributed by atoms with van der Waals surface area (Å²) in [4.78, 5) is 4.38. The number of hydrogen-bond donors (Lipinski definition) is 1. The standard InChI is InChI=1S/C15H16ClN2O.CH3.Re/c1-15(2,3)14-18-8-13(19-14)11-7-17-12-5-4-9(16)6-10(11)12;;/h4-8,14,18H,1-3H3;1H3;/q2*-1;. The van der Waals surface area contributed by atoms with Gasteiger partial charge in [-0.15, -0.1) is 5.52 Å². The molecule has 1 aromatic carbocycles. The quantitative estimate of drug-likeness (QED) is 0.627. The molecule has 0 amide bonds. The number of rotatable bonds is 1. The van der Waals surface area contributed by atoms with Crippen LogP contribution in [-0.4, -0.2) is 6.23 Å². The first-order chi connectivity index (χ1) is 8.95. The molecular formula is C16H19ClN2ORe-2. The van der Waals surface area contributed by atoms with Gasteiger partial charge in [-0.2, -0.15) is 6.20 Å². The van der Waals surface area contributed by atoms with Gasteiger partial charge in [0.2, 0.25) is 0 Å². The Morgan fingerprint density at radius 1 is 1.29 bits per heavy atom. The third kappa shape index (κ3) is 3.45. The van der Waals surface area contributed by atoms with Crippen molar-refractivity contribution < 1.29 is 25.2 Å². The Labute approximate surface area is 144 Å². The van der Waals surface area contributed by atoms with E-state index >= 15 is 0 Å². The van der Waals surface area contributed by atoms with Crippen LogP contribution in [0.5, 0.6) is 0 Å². The number of hydrogen-bond acceptors (Lipinski definition) is 2. The number of aromatic nitrogens is 1. The molecule has 2 aromatic rings. The molecule has 115 valence electrons. The molecule has 1 aromatic heterocycles. The van der Waals surface area contributed by atoms with Crippen molar-refractivity contribution >= 4 is 28.3 Å². The maximum Gasteiger partial charge on any atom is 0.174 e. The summed E-state index contributed by atoms with van der Waals surface area (Å²) in [5, 5.41) is 5.00. The zero-order chi connectivity index (χ0) is 13.6. The van der Waals surface area contributed by atoms with Crippen molar-refractivity contribution in [1.82, 2.24) is 10.3 Å². The number of halogens is 1. The van der Waals surface area contributed by atoms with Crippen LogP contribution in [0.2, 0.25) is 5.02 Å². The molecule has 0 aliphatic carbocycles. The minimum absolute atomic E-state index is 0. The molecule has 1 radical (unpaired) electrons. The van der Waals surface area contributed by atoms with E-state index in [9.17, 15) is 0 Å². The predicted octanol–water partition coefficient (Wildman–Crippen LogP) is 4.19. The van der Waals surface area contributed by atoms with E-state index in [0.29, 0.717) is 5.02 Å². The van der Waals surface area contributed by atoms with Crippen molar-refractivity contribution in [3.05, 3.63) is 48.6 Å². The van der Waals surface area contributed by atoms with E-state index in [0.717, 1.165) is 22.2 Å². The van der Waals surface area contributed by atoms with E-state index in [2.05, 4.69) is 31.1 Å². The fourth-order valence-corrected chi connectivity index (χ4v) is 2.32. The number of nitrogens with one attached hydrogen (secondary N) is 1. The van der Waals surface area contributed by atoms with Crippen LogP contribution in [-0.2, 0) is 25.2 Å². The van der Waals surface area contributed by atoms with Gasteiger partial charge in [0.05, 0.1) is 0 Å². The van der Waals surface area contributed by atoms with Gasteiger partial charge in [-0.1, -0.05) is 38.4 Å². The topological polar surface area (TPSA) is 35.4 Å². The van der Waals surface area contributed by atoms with Crippen LogP contribution in [0.1, 0.15) is 26.3 Å². The summed E-state index contributed by atoms with van der Waals surface area (Å²) in [6, 6.07) is 5.69. The fourth-order valence-electron chi connectivity index (χ4n) is 2.15. The molecule has 1 N–H and O–H groups in total. The summed E-state index contributed by atoms with van der Waals surface area (Å²) in [6.07, 6.45) is 3.72. The van der Waals surface area contributed by atoms with Crippen molar-refractivity contribution in [3.8, 4) is 0 Å². The number of nitrogens with zero attached hydrogens (tertiary/aromatic N) is 1. The smallest absolute Gasteiger partial charge is 0.174 e. The van der Waals surface area contributed by atoms with E-state index in [1.54, 1.807) is 0 Å². The van der Waals surface area contributed by atoms with E-state index < -0.39 is 0 Å². The molecule has 0 spiro atoms. The average molecular weight is 477 g/mol. The summed E-state index contributed by atoms with van der Waals surface area (Å²) >= 11 is 6.05. The van der Waals surface area contributed by atoms with Crippen molar-refractivity contribution in [2.24, 2.45) is 5.41 Å². The Morgan fingerprint density at radius 2 is 2.00 bits per heavy atom. The van der Waals surface area contributed by atoms with Crippen LogP contribution < -0.4 is 10.3 Å². The van der Waals surface area contributed by atoms with E-state index in [1.807, 2.05) is 30.6 Å². The molecule has 0 saturated carbocycles. The minimum atomic E-state index is -0.0216. The van der Waals surface area contributed by atoms with Crippen LogP contribution >= 0.6 is 11.6 Å². The summed E-state index contributed by atoms with van der Waals surface area (Å²) < 4.78 is 5.99. The Kier molecular flexibility index (Phi) is 5.55. The van der Waals surface area contributed by atoms with Gasteiger partial charge < -0.3 is 22.5 Å². The third-order valence-electron chi connectivity index (χ3n) is 3.24. The molecule has 1 unspecified atom stereocenters. The van der Waals surface area contributed by atoms with Crippen LogP contribution in [0.15, 0.2) is 30.6 Å². The second-order valence-corrected chi connectivity index (χ2v) is 6.31. The zero-order valence-corrected chi connectivity index (χ0v) is 16.0. The van der Waals surface area contributed by atoms with Crippen LogP contribution in [0.25, 0.3) is 16.7 Å². The molecule has 21 heavy (non-hydrogen) atoms. The van der Waals surface area contributed by atoms with Gasteiger partial charge in [0, 0.05) is 42.6 Å². The number of fused-ring (bicyclic) bond motifs is 1. The van der Waals surface area contributed by atoms with E-state index in [4.69, 9.17) is 16.3 Å². The van der Waals surface area contributed by atoms with E-state index in [1.165, 1.54) is 0 Å². The normalized spacial score (nSPS) is 17.3. The van der Waals surface area contributed by atoms with Gasteiger partial charge in [-0.3, -0.25) is 0 Å². The molecule has 1 aliphatic rings. The Morgan fingerprint density at radius 3 is 2.62 bits per heavy atom. The first kappa shape index (κ1) is 18.1. The molecular weight excluding hydrogens is 458 g/mol. The number of benzene rings is 1. The van der Waals surface area contributed by atoms with E-state index in [-0.39, 0.29) is 39.5 Å². The largest absolute Gasteiger partial charge is 0.663 e. The summed E-state index contributed by atoms with van der Waals surface area (Å²) in [6.45, 7) is 6.42. The maximum atomic E-state index is 6.05. The van der Waals surface area contributed by atoms with Crippen LogP contribution in [0.3, 0.4) is 0 Å². The molecule has 1 atom stereocenters. The second-order valence-electron chi connectivity index (χ2n) is 5.87. The number of ether oxygens (including phenoxy) is 1. The molecule has 0 bridgehead atoms. The molecule has 0 saturated heterocycles. The van der Waals surface area contributed by atoms with Gasteiger partial charge >= 0.3 is 0 Å². The predicted molar refractivity (Wildman–Crippen MR) is 84.1 cm³/mol. The van der Waals surface area contributed by atoms with Crippen molar-refractivity contribution in [2.75, 3.05) is 0 Å². The van der Waals surface area contributed by atoms with Gasteiger partial charge in [-0.05, 0) is 17.5 Å². The van der Waals surface area contributed by atoms with Crippen molar-refractivity contribution in [2.45, 2.75) is 27.0 Å².